The number of hydrogen-bond donors (Lipinski definition) is 0. The van der Waals surface area contributed by atoms with Gasteiger partial charge in [0.2, 0.25) is 0 Å². The van der Waals surface area contributed by atoms with Gasteiger partial charge in [-0.15, -0.1) is 5.54 Å². The van der Waals surface area contributed by atoms with Crippen molar-refractivity contribution >= 4 is 25.1 Å². The third kappa shape index (κ3) is 11.7. The van der Waals surface area contributed by atoms with Crippen LogP contribution in [0, 0.1) is 25.3 Å². The summed E-state index contributed by atoms with van der Waals surface area (Å²) in [4.78, 5) is 2.40. The molecule has 0 saturated heterocycles. The van der Waals surface area contributed by atoms with Gasteiger partial charge in [0, 0.05) is 28.0 Å². The summed E-state index contributed by atoms with van der Waals surface area (Å²) in [5.74, 6) is 3.67. The Morgan fingerprint density at radius 2 is 0.750 bits per heavy atom. The lowest BCUT2D eigenvalue weighted by molar-refractivity contribution is 0.398. The number of benzene rings is 7. The lowest BCUT2D eigenvalue weighted by atomic mass is 9.70. The Kier molecular flexibility index (Phi) is 16.1. The van der Waals surface area contributed by atoms with Crippen LogP contribution in [0.4, 0.5) is 17.1 Å². The van der Waals surface area contributed by atoms with Crippen molar-refractivity contribution in [2.24, 2.45) is 0 Å². The van der Waals surface area contributed by atoms with E-state index in [9.17, 15) is 0 Å². The first kappa shape index (κ1) is 48.6. The third-order valence-electron chi connectivity index (χ3n) is 14.3. The van der Waals surface area contributed by atoms with Crippen LogP contribution in [0.3, 0.4) is 0 Å². The van der Waals surface area contributed by atoms with Gasteiger partial charge < -0.3 is 4.90 Å². The van der Waals surface area contributed by atoms with E-state index < -0.39 is 8.07 Å². The number of fused-ring (bicyclic) bond motifs is 3. The molecule has 0 unspecified atom stereocenters. The van der Waals surface area contributed by atoms with Gasteiger partial charge in [-0.1, -0.05) is 231 Å². The fourth-order valence-corrected chi connectivity index (χ4v) is 11.0. The Hall–Kier alpha value is -5.88. The molecule has 68 heavy (non-hydrogen) atoms. The van der Waals surface area contributed by atoms with E-state index in [4.69, 9.17) is 0 Å². The molecule has 0 spiro atoms. The summed E-state index contributed by atoms with van der Waals surface area (Å²) in [5, 5.41) is 0. The van der Waals surface area contributed by atoms with Crippen molar-refractivity contribution in [1.29, 1.82) is 0 Å². The summed E-state index contributed by atoms with van der Waals surface area (Å²) in [6.45, 7) is 16.0. The minimum atomic E-state index is -1.53. The number of nitrogens with zero attached hydrogens (tertiary/aromatic N) is 1. The number of aryl methyl sites for hydroxylation is 2. The smallest absolute Gasteiger partial charge is 0.129 e. The maximum atomic E-state index is 3.69. The predicted octanol–water partition coefficient (Wildman–Crippen LogP) is 19.8. The molecule has 0 atom stereocenters. The molecule has 7 aromatic rings. The second-order valence-corrected chi connectivity index (χ2v) is 25.6. The number of unbranched alkanes of at least 4 members (excludes halogenated alkanes) is 10. The zero-order chi connectivity index (χ0) is 47.5. The number of rotatable bonds is 20. The third-order valence-corrected chi connectivity index (χ3v) is 15.2. The van der Waals surface area contributed by atoms with Crippen LogP contribution >= 0.6 is 0 Å². The zero-order valence-electron chi connectivity index (χ0n) is 42.4. The summed E-state index contributed by atoms with van der Waals surface area (Å²) in [6.07, 6.45) is 18.1. The van der Waals surface area contributed by atoms with Crippen molar-refractivity contribution < 1.29 is 0 Å². The van der Waals surface area contributed by atoms with Crippen LogP contribution in [0.1, 0.15) is 132 Å². The van der Waals surface area contributed by atoms with Crippen molar-refractivity contribution in [3.05, 3.63) is 186 Å². The molecule has 0 radical (unpaired) electrons. The summed E-state index contributed by atoms with van der Waals surface area (Å²) in [5.41, 5.74) is 24.2. The Balaban J connectivity index is 1.16. The fourth-order valence-electron chi connectivity index (χ4n) is 10.4. The fraction of sp³-hybridized carbons (Fsp3) is 0.333. The van der Waals surface area contributed by atoms with Gasteiger partial charge in [0.1, 0.15) is 8.07 Å². The van der Waals surface area contributed by atoms with E-state index in [0.29, 0.717) is 0 Å². The molecule has 0 amide bonds. The molecule has 0 aromatic heterocycles. The molecular formula is C66H75NSi. The maximum Gasteiger partial charge on any atom is 0.129 e. The van der Waals surface area contributed by atoms with E-state index in [-0.39, 0.29) is 5.41 Å². The average Bonchev–Trinajstić information content (AvgIpc) is 3.62. The van der Waals surface area contributed by atoms with E-state index in [0.717, 1.165) is 17.1 Å². The summed E-state index contributed by atoms with van der Waals surface area (Å²) >= 11 is 0. The first-order chi connectivity index (χ1) is 33.0. The highest BCUT2D eigenvalue weighted by atomic mass is 28.3. The molecule has 0 saturated carbocycles. The van der Waals surface area contributed by atoms with Crippen LogP contribution in [0.15, 0.2) is 158 Å². The van der Waals surface area contributed by atoms with Gasteiger partial charge in [-0.25, -0.2) is 0 Å². The van der Waals surface area contributed by atoms with Crippen LogP contribution in [-0.4, -0.2) is 8.07 Å². The average molecular weight is 910 g/mol. The molecule has 2 heteroatoms. The SMILES string of the molecule is CCCCCCCCC1(CCCCCCCC)c2cc(C#C[Si](C)(C)C)ccc2-c2ccc(-c3ccc(N(c4ccc(-c5ccc(C)cc5)cc4)c4ccc(-c5ccc(C)cc5)cc4)cc3)cc21. The van der Waals surface area contributed by atoms with E-state index in [1.54, 1.807) is 0 Å². The second kappa shape index (κ2) is 22.5. The molecule has 0 heterocycles. The molecule has 1 aliphatic carbocycles. The molecule has 0 bridgehead atoms. The van der Waals surface area contributed by atoms with Crippen molar-refractivity contribution in [3.63, 3.8) is 0 Å². The molecule has 0 fully saturated rings. The predicted molar refractivity (Wildman–Crippen MR) is 299 cm³/mol. The van der Waals surface area contributed by atoms with E-state index in [1.165, 1.54) is 162 Å². The van der Waals surface area contributed by atoms with Gasteiger partial charge in [0.15, 0.2) is 0 Å². The molecule has 7 aromatic carbocycles. The quantitative estimate of drug-likeness (QED) is 0.0418. The van der Waals surface area contributed by atoms with Gasteiger partial charge in [-0.3, -0.25) is 0 Å². The van der Waals surface area contributed by atoms with Crippen molar-refractivity contribution in [1.82, 2.24) is 0 Å². The van der Waals surface area contributed by atoms with Gasteiger partial charge in [-0.2, -0.15) is 0 Å². The molecule has 0 aliphatic heterocycles. The molecule has 8 rings (SSSR count). The van der Waals surface area contributed by atoms with E-state index in [1.807, 2.05) is 0 Å². The van der Waals surface area contributed by atoms with Crippen LogP contribution in [0.5, 0.6) is 0 Å². The molecule has 1 nitrogen and oxygen atoms in total. The summed E-state index contributed by atoms with van der Waals surface area (Å²) < 4.78 is 0. The van der Waals surface area contributed by atoms with Gasteiger partial charge in [0.25, 0.3) is 0 Å². The minimum Gasteiger partial charge on any atom is -0.311 e. The van der Waals surface area contributed by atoms with Crippen LogP contribution < -0.4 is 4.90 Å². The lowest BCUT2D eigenvalue weighted by Gasteiger charge is -2.33. The Morgan fingerprint density at radius 3 is 1.18 bits per heavy atom. The maximum absolute atomic E-state index is 3.69. The van der Waals surface area contributed by atoms with E-state index >= 15 is 0 Å². The lowest BCUT2D eigenvalue weighted by Crippen LogP contribution is -2.26. The van der Waals surface area contributed by atoms with Crippen molar-refractivity contribution in [2.45, 2.75) is 143 Å². The van der Waals surface area contributed by atoms with Gasteiger partial charge >= 0.3 is 0 Å². The van der Waals surface area contributed by atoms with Crippen LogP contribution in [0.25, 0.3) is 44.5 Å². The van der Waals surface area contributed by atoms with Crippen molar-refractivity contribution in [3.8, 4) is 56.0 Å². The van der Waals surface area contributed by atoms with Gasteiger partial charge in [0.05, 0.1) is 0 Å². The monoisotopic (exact) mass is 910 g/mol. The first-order valence-corrected chi connectivity index (χ1v) is 29.6. The Morgan fingerprint density at radius 1 is 0.397 bits per heavy atom. The topological polar surface area (TPSA) is 3.24 Å². The Labute approximate surface area is 412 Å². The minimum absolute atomic E-state index is 0.0146. The number of anilines is 3. The largest absolute Gasteiger partial charge is 0.311 e. The highest BCUT2D eigenvalue weighted by Crippen LogP contribution is 2.55. The zero-order valence-corrected chi connectivity index (χ0v) is 43.4. The van der Waals surface area contributed by atoms with Crippen LogP contribution in [-0.2, 0) is 5.41 Å². The summed E-state index contributed by atoms with van der Waals surface area (Å²) in [7, 11) is -1.53. The van der Waals surface area contributed by atoms with E-state index in [2.05, 4.69) is 221 Å². The molecule has 1 aliphatic rings. The first-order valence-electron chi connectivity index (χ1n) is 26.1. The highest BCUT2D eigenvalue weighted by molar-refractivity contribution is 6.83. The molecule has 348 valence electrons. The summed E-state index contributed by atoms with van der Waals surface area (Å²) in [6, 6.07) is 59.8. The second-order valence-electron chi connectivity index (χ2n) is 20.8. The normalized spacial score (nSPS) is 12.6. The number of hydrogen-bond acceptors (Lipinski definition) is 1. The molecular weight excluding hydrogens is 835 g/mol. The van der Waals surface area contributed by atoms with Crippen molar-refractivity contribution in [2.75, 3.05) is 4.90 Å². The molecule has 0 N–H and O–H groups in total. The van der Waals surface area contributed by atoms with Gasteiger partial charge in [-0.05, 0) is 137 Å². The van der Waals surface area contributed by atoms with Crippen LogP contribution in [0.2, 0.25) is 19.6 Å². The standard InChI is InChI=1S/C66H75NSi/c1-8-10-12-14-16-18-45-66(46-19-17-15-13-11-9-2)64-48-52(44-47-68(5,6)7)24-42-62(64)63-43-35-58(49-65(63)66)57-33-40-61(41-34-57)67(59-36-29-55(30-37-59)53-25-20-50(3)21-26-53)60-38-31-56(32-39-60)54-27-22-51(4)23-28-54/h20-43,48-49H,8-19,45-46H2,1-7H3. The Bertz CT molecular complexity index is 2670. The highest BCUT2D eigenvalue weighted by Gasteiger charge is 2.42.